The summed E-state index contributed by atoms with van der Waals surface area (Å²) in [6.07, 6.45) is 0.582. The molecule has 134 valence electrons. The fraction of sp³-hybridized carbons (Fsp3) is 0.261. The summed E-state index contributed by atoms with van der Waals surface area (Å²) in [7, 11) is 0. The second-order valence-corrected chi connectivity index (χ2v) is 6.85. The zero-order valence-electron chi connectivity index (χ0n) is 15.1. The van der Waals surface area contributed by atoms with Gasteiger partial charge in [-0.2, -0.15) is 0 Å². The zero-order valence-corrected chi connectivity index (χ0v) is 15.1. The minimum Gasteiger partial charge on any atom is -0.393 e. The van der Waals surface area contributed by atoms with E-state index in [4.69, 9.17) is 0 Å². The van der Waals surface area contributed by atoms with E-state index in [2.05, 4.69) is 29.6 Å². The quantitative estimate of drug-likeness (QED) is 0.677. The maximum atomic E-state index is 12.4. The molecule has 3 nitrogen and oxygen atoms in total. The van der Waals surface area contributed by atoms with Gasteiger partial charge >= 0.3 is 0 Å². The molecule has 0 saturated heterocycles. The highest BCUT2D eigenvalue weighted by Crippen LogP contribution is 2.21. The van der Waals surface area contributed by atoms with Crippen LogP contribution in [-0.2, 0) is 11.2 Å². The number of carbonyl (C=O) groups excluding carboxylic acids is 1. The molecule has 0 spiro atoms. The number of hydrogen-bond acceptors (Lipinski definition) is 2. The molecule has 0 aliphatic heterocycles. The molecule has 0 radical (unpaired) electrons. The Kier molecular flexibility index (Phi) is 6.03. The number of amides is 1. The largest absolute Gasteiger partial charge is 0.393 e. The predicted molar refractivity (Wildman–Crippen MR) is 106 cm³/mol. The van der Waals surface area contributed by atoms with E-state index < -0.39 is 6.10 Å². The third-order valence-electron chi connectivity index (χ3n) is 4.62. The van der Waals surface area contributed by atoms with Crippen LogP contribution in [0.1, 0.15) is 30.4 Å². The lowest BCUT2D eigenvalue weighted by Crippen LogP contribution is -2.30. The van der Waals surface area contributed by atoms with Crippen molar-refractivity contribution in [3.63, 3.8) is 0 Å². The fourth-order valence-electron chi connectivity index (χ4n) is 3.31. The smallest absolute Gasteiger partial charge is 0.224 e. The average molecular weight is 347 g/mol. The van der Waals surface area contributed by atoms with Gasteiger partial charge in [0.1, 0.15) is 0 Å². The highest BCUT2D eigenvalue weighted by atomic mass is 16.3. The molecule has 0 heterocycles. The van der Waals surface area contributed by atoms with Crippen molar-refractivity contribution in [1.29, 1.82) is 0 Å². The van der Waals surface area contributed by atoms with Crippen LogP contribution in [0.25, 0.3) is 10.8 Å². The number of aliphatic hydroxyl groups excluding tert-OH is 1. The Balaban J connectivity index is 1.62. The first kappa shape index (κ1) is 18.2. The molecule has 0 saturated carbocycles. The second-order valence-electron chi connectivity index (χ2n) is 6.85. The van der Waals surface area contributed by atoms with Crippen LogP contribution in [0.4, 0.5) is 0 Å². The van der Waals surface area contributed by atoms with E-state index in [-0.39, 0.29) is 11.8 Å². The van der Waals surface area contributed by atoms with Crippen LogP contribution in [-0.4, -0.2) is 23.7 Å². The van der Waals surface area contributed by atoms with Crippen molar-refractivity contribution in [2.24, 2.45) is 0 Å². The van der Waals surface area contributed by atoms with Gasteiger partial charge in [0.25, 0.3) is 0 Å². The van der Waals surface area contributed by atoms with Gasteiger partial charge in [-0.05, 0) is 35.2 Å². The summed E-state index contributed by atoms with van der Waals surface area (Å²) < 4.78 is 0. The van der Waals surface area contributed by atoms with Crippen LogP contribution < -0.4 is 5.32 Å². The Labute approximate surface area is 154 Å². The van der Waals surface area contributed by atoms with Gasteiger partial charge in [-0.1, -0.05) is 72.8 Å². The molecule has 2 atom stereocenters. The van der Waals surface area contributed by atoms with Gasteiger partial charge in [0, 0.05) is 12.5 Å². The Morgan fingerprint density at radius 2 is 1.65 bits per heavy atom. The summed E-state index contributed by atoms with van der Waals surface area (Å²) >= 11 is 0. The van der Waals surface area contributed by atoms with Gasteiger partial charge in [0.15, 0.2) is 0 Å². The SMILES string of the molecule is CC(O)CC(CNC(=O)Cc1ccc2ccccc2c1)c1ccccc1. The molecule has 3 rings (SSSR count). The Hall–Kier alpha value is -2.65. The summed E-state index contributed by atoms with van der Waals surface area (Å²) in [6, 6.07) is 24.3. The number of fused-ring (bicyclic) bond motifs is 1. The molecular formula is C23H25NO2. The van der Waals surface area contributed by atoms with E-state index in [1.807, 2.05) is 48.5 Å². The number of nitrogens with one attached hydrogen (secondary N) is 1. The van der Waals surface area contributed by atoms with Crippen LogP contribution in [0, 0.1) is 0 Å². The molecule has 2 N–H and O–H groups in total. The number of carbonyl (C=O) groups is 1. The van der Waals surface area contributed by atoms with Gasteiger partial charge in [0.05, 0.1) is 12.5 Å². The van der Waals surface area contributed by atoms with Crippen LogP contribution in [0.3, 0.4) is 0 Å². The van der Waals surface area contributed by atoms with Crippen LogP contribution in [0.15, 0.2) is 72.8 Å². The zero-order chi connectivity index (χ0) is 18.4. The Morgan fingerprint density at radius 3 is 2.38 bits per heavy atom. The van der Waals surface area contributed by atoms with Crippen LogP contribution >= 0.6 is 0 Å². The fourth-order valence-corrected chi connectivity index (χ4v) is 3.31. The Bertz CT molecular complexity index is 858. The first-order valence-electron chi connectivity index (χ1n) is 9.09. The maximum Gasteiger partial charge on any atom is 0.224 e. The molecule has 0 bridgehead atoms. The van der Waals surface area contributed by atoms with Crippen molar-refractivity contribution in [2.45, 2.75) is 31.8 Å². The first-order valence-corrected chi connectivity index (χ1v) is 9.09. The van der Waals surface area contributed by atoms with Gasteiger partial charge < -0.3 is 10.4 Å². The van der Waals surface area contributed by atoms with Crippen molar-refractivity contribution < 1.29 is 9.90 Å². The summed E-state index contributed by atoms with van der Waals surface area (Å²) in [5.41, 5.74) is 2.15. The Morgan fingerprint density at radius 1 is 0.962 bits per heavy atom. The highest BCUT2D eigenvalue weighted by Gasteiger charge is 2.15. The van der Waals surface area contributed by atoms with Gasteiger partial charge in [0.2, 0.25) is 5.91 Å². The molecule has 0 aromatic heterocycles. The molecule has 0 fully saturated rings. The normalized spacial score (nSPS) is 13.3. The molecule has 2 unspecified atom stereocenters. The third kappa shape index (κ3) is 4.93. The van der Waals surface area contributed by atoms with Crippen molar-refractivity contribution in [3.8, 4) is 0 Å². The first-order chi connectivity index (χ1) is 12.6. The van der Waals surface area contributed by atoms with Crippen molar-refractivity contribution in [1.82, 2.24) is 5.32 Å². The average Bonchev–Trinajstić information content (AvgIpc) is 2.65. The summed E-state index contributed by atoms with van der Waals surface area (Å²) in [6.45, 7) is 2.31. The monoisotopic (exact) mass is 347 g/mol. The molecular weight excluding hydrogens is 322 g/mol. The standard InChI is InChI=1S/C23H25NO2/c1-17(25)13-22(19-7-3-2-4-8-19)16-24-23(26)15-18-11-12-20-9-5-6-10-21(20)14-18/h2-12,14,17,22,25H,13,15-16H2,1H3,(H,24,26). The highest BCUT2D eigenvalue weighted by molar-refractivity contribution is 5.85. The van der Waals surface area contributed by atoms with Crippen molar-refractivity contribution in [3.05, 3.63) is 83.9 Å². The minimum atomic E-state index is -0.405. The summed E-state index contributed by atoms with van der Waals surface area (Å²) in [5, 5.41) is 15.1. The van der Waals surface area contributed by atoms with Gasteiger partial charge in [-0.15, -0.1) is 0 Å². The molecule has 0 aliphatic rings. The number of hydrogen-bond donors (Lipinski definition) is 2. The number of benzene rings is 3. The van der Waals surface area contributed by atoms with E-state index >= 15 is 0 Å². The van der Waals surface area contributed by atoms with Gasteiger partial charge in [-0.3, -0.25) is 4.79 Å². The lowest BCUT2D eigenvalue weighted by Gasteiger charge is -2.19. The number of aliphatic hydroxyl groups is 1. The second kappa shape index (κ2) is 8.63. The molecule has 26 heavy (non-hydrogen) atoms. The minimum absolute atomic E-state index is 0.00630. The summed E-state index contributed by atoms with van der Waals surface area (Å²) in [5.74, 6) is 0.114. The predicted octanol–water partition coefficient (Wildman–Crippen LogP) is 4.05. The van der Waals surface area contributed by atoms with Crippen molar-refractivity contribution in [2.75, 3.05) is 6.54 Å². The van der Waals surface area contributed by atoms with E-state index in [0.717, 1.165) is 16.5 Å². The van der Waals surface area contributed by atoms with E-state index in [1.165, 1.54) is 5.39 Å². The third-order valence-corrected chi connectivity index (χ3v) is 4.62. The lowest BCUT2D eigenvalue weighted by molar-refractivity contribution is -0.120. The summed E-state index contributed by atoms with van der Waals surface area (Å²) in [4.78, 5) is 12.4. The van der Waals surface area contributed by atoms with Crippen LogP contribution in [0.2, 0.25) is 0 Å². The lowest BCUT2D eigenvalue weighted by atomic mass is 9.93. The van der Waals surface area contributed by atoms with Crippen molar-refractivity contribution >= 4 is 16.7 Å². The number of rotatable bonds is 7. The van der Waals surface area contributed by atoms with E-state index in [1.54, 1.807) is 6.92 Å². The van der Waals surface area contributed by atoms with Crippen LogP contribution in [0.5, 0.6) is 0 Å². The molecule has 1 amide bonds. The molecule has 3 heteroatoms. The van der Waals surface area contributed by atoms with E-state index in [9.17, 15) is 9.90 Å². The molecule has 0 aliphatic carbocycles. The van der Waals surface area contributed by atoms with Gasteiger partial charge in [-0.25, -0.2) is 0 Å². The molecule has 3 aromatic carbocycles. The maximum absolute atomic E-state index is 12.4. The molecule has 3 aromatic rings. The van der Waals surface area contributed by atoms with E-state index in [0.29, 0.717) is 19.4 Å². The topological polar surface area (TPSA) is 49.3 Å².